The van der Waals surface area contributed by atoms with E-state index >= 15 is 0 Å². The molecule has 0 fully saturated rings. The Kier molecular flexibility index (Phi) is 3.22. The van der Waals surface area contributed by atoms with E-state index in [0.717, 1.165) is 11.6 Å². The van der Waals surface area contributed by atoms with Crippen LogP contribution in [0.25, 0.3) is 10.9 Å². The summed E-state index contributed by atoms with van der Waals surface area (Å²) in [6.45, 7) is 5.92. The fourth-order valence-corrected chi connectivity index (χ4v) is 2.30. The molecule has 3 heteroatoms. The Labute approximate surface area is 101 Å². The minimum atomic E-state index is 0.381. The van der Waals surface area contributed by atoms with Gasteiger partial charge < -0.3 is 10.3 Å². The molecule has 1 unspecified atom stereocenters. The van der Waals surface area contributed by atoms with Crippen molar-refractivity contribution in [1.29, 1.82) is 0 Å². The van der Waals surface area contributed by atoms with Gasteiger partial charge in [0.05, 0.1) is 0 Å². The summed E-state index contributed by atoms with van der Waals surface area (Å²) >= 11 is 6.03. The average molecular weight is 237 g/mol. The molecule has 16 heavy (non-hydrogen) atoms. The lowest BCUT2D eigenvalue weighted by Gasteiger charge is -2.12. The summed E-state index contributed by atoms with van der Waals surface area (Å²) < 4.78 is 2.29. The highest BCUT2D eigenvalue weighted by Gasteiger charge is 2.12. The van der Waals surface area contributed by atoms with Crippen LogP contribution in [0.15, 0.2) is 24.3 Å². The third-order valence-corrected chi connectivity index (χ3v) is 3.31. The molecular weight excluding hydrogens is 220 g/mol. The molecule has 86 valence electrons. The van der Waals surface area contributed by atoms with Crippen LogP contribution >= 0.6 is 11.6 Å². The van der Waals surface area contributed by atoms with Crippen molar-refractivity contribution in [2.75, 3.05) is 6.54 Å². The highest BCUT2D eigenvalue weighted by Crippen LogP contribution is 2.27. The van der Waals surface area contributed by atoms with E-state index < -0.39 is 0 Å². The van der Waals surface area contributed by atoms with Gasteiger partial charge in [-0.2, -0.15) is 0 Å². The van der Waals surface area contributed by atoms with Gasteiger partial charge in [-0.15, -0.1) is 0 Å². The van der Waals surface area contributed by atoms with Gasteiger partial charge in [0.2, 0.25) is 0 Å². The standard InChI is InChI=1S/C13H17ClN2/c1-3-16-12(9(2)8-15)6-10-4-5-11(14)7-13(10)16/h4-7,9H,3,8,15H2,1-2H3. The van der Waals surface area contributed by atoms with Crippen molar-refractivity contribution in [1.82, 2.24) is 4.57 Å². The number of hydrogen-bond donors (Lipinski definition) is 1. The average Bonchev–Trinajstić information content (AvgIpc) is 2.65. The van der Waals surface area contributed by atoms with Crippen LogP contribution in [0.4, 0.5) is 0 Å². The molecule has 1 heterocycles. The number of rotatable bonds is 3. The molecule has 0 spiro atoms. The highest BCUT2D eigenvalue weighted by molar-refractivity contribution is 6.31. The van der Waals surface area contributed by atoms with Gasteiger partial charge in [-0.25, -0.2) is 0 Å². The van der Waals surface area contributed by atoms with Crippen LogP contribution in [0.1, 0.15) is 25.5 Å². The van der Waals surface area contributed by atoms with Gasteiger partial charge >= 0.3 is 0 Å². The van der Waals surface area contributed by atoms with Crippen molar-refractivity contribution in [2.24, 2.45) is 5.73 Å². The molecule has 0 bridgehead atoms. The Hall–Kier alpha value is -0.990. The second kappa shape index (κ2) is 4.48. The number of fused-ring (bicyclic) bond motifs is 1. The van der Waals surface area contributed by atoms with E-state index in [1.54, 1.807) is 0 Å². The molecule has 0 aliphatic rings. The molecular formula is C13H17ClN2. The van der Waals surface area contributed by atoms with E-state index in [4.69, 9.17) is 17.3 Å². The zero-order valence-corrected chi connectivity index (χ0v) is 10.5. The fraction of sp³-hybridized carbons (Fsp3) is 0.385. The lowest BCUT2D eigenvalue weighted by molar-refractivity contribution is 0.661. The lowest BCUT2D eigenvalue weighted by atomic mass is 10.1. The molecule has 1 aromatic heterocycles. The van der Waals surface area contributed by atoms with Crippen LogP contribution < -0.4 is 5.73 Å². The maximum absolute atomic E-state index is 6.03. The SMILES string of the molecule is CCn1c(C(C)CN)cc2ccc(Cl)cc21. The van der Waals surface area contributed by atoms with Crippen molar-refractivity contribution in [2.45, 2.75) is 26.3 Å². The van der Waals surface area contributed by atoms with E-state index in [2.05, 4.69) is 30.5 Å². The Morgan fingerprint density at radius 1 is 1.38 bits per heavy atom. The van der Waals surface area contributed by atoms with E-state index in [9.17, 15) is 0 Å². The van der Waals surface area contributed by atoms with Crippen molar-refractivity contribution in [3.05, 3.63) is 35.0 Å². The predicted octanol–water partition coefficient (Wildman–Crippen LogP) is 3.38. The number of hydrogen-bond acceptors (Lipinski definition) is 1. The first-order chi connectivity index (χ1) is 7.67. The lowest BCUT2D eigenvalue weighted by Crippen LogP contribution is -2.13. The van der Waals surface area contributed by atoms with Crippen LogP contribution in [-0.2, 0) is 6.54 Å². The summed E-state index contributed by atoms with van der Waals surface area (Å²) in [6, 6.07) is 8.23. The van der Waals surface area contributed by atoms with Crippen LogP contribution in [0, 0.1) is 0 Å². The summed E-state index contributed by atoms with van der Waals surface area (Å²) in [7, 11) is 0. The van der Waals surface area contributed by atoms with Crippen LogP contribution in [0.5, 0.6) is 0 Å². The molecule has 0 saturated heterocycles. The monoisotopic (exact) mass is 236 g/mol. The number of halogens is 1. The third-order valence-electron chi connectivity index (χ3n) is 3.07. The van der Waals surface area contributed by atoms with Crippen LogP contribution in [0.3, 0.4) is 0 Å². The molecule has 0 amide bonds. The summed E-state index contributed by atoms with van der Waals surface area (Å²) in [5.74, 6) is 0.381. The van der Waals surface area contributed by atoms with E-state index in [0.29, 0.717) is 12.5 Å². The summed E-state index contributed by atoms with van der Waals surface area (Å²) in [5, 5.41) is 2.02. The minimum absolute atomic E-state index is 0.381. The van der Waals surface area contributed by atoms with Gasteiger partial charge in [-0.05, 0) is 30.5 Å². The number of aryl methyl sites for hydroxylation is 1. The van der Waals surface area contributed by atoms with Crippen LogP contribution in [-0.4, -0.2) is 11.1 Å². The van der Waals surface area contributed by atoms with Crippen molar-refractivity contribution >= 4 is 22.5 Å². The van der Waals surface area contributed by atoms with Crippen molar-refractivity contribution < 1.29 is 0 Å². The summed E-state index contributed by atoms with van der Waals surface area (Å²) in [4.78, 5) is 0. The molecule has 2 nitrogen and oxygen atoms in total. The molecule has 2 N–H and O–H groups in total. The Balaban J connectivity index is 2.66. The topological polar surface area (TPSA) is 30.9 Å². The van der Waals surface area contributed by atoms with Gasteiger partial charge in [-0.3, -0.25) is 0 Å². The fourth-order valence-electron chi connectivity index (χ4n) is 2.13. The highest BCUT2D eigenvalue weighted by atomic mass is 35.5. The van der Waals surface area contributed by atoms with E-state index in [-0.39, 0.29) is 0 Å². The molecule has 1 atom stereocenters. The first kappa shape index (κ1) is 11.5. The smallest absolute Gasteiger partial charge is 0.0497 e. The quantitative estimate of drug-likeness (QED) is 0.870. The van der Waals surface area contributed by atoms with E-state index in [1.807, 2.05) is 12.1 Å². The third kappa shape index (κ3) is 1.83. The predicted molar refractivity (Wildman–Crippen MR) is 70.1 cm³/mol. The van der Waals surface area contributed by atoms with Gasteiger partial charge in [0.25, 0.3) is 0 Å². The number of aromatic nitrogens is 1. The molecule has 2 rings (SSSR count). The molecule has 0 radical (unpaired) electrons. The van der Waals surface area contributed by atoms with Crippen LogP contribution in [0.2, 0.25) is 5.02 Å². The molecule has 1 aromatic carbocycles. The first-order valence-corrected chi connectivity index (χ1v) is 6.04. The normalized spacial score (nSPS) is 13.2. The van der Waals surface area contributed by atoms with E-state index in [1.165, 1.54) is 16.6 Å². The Morgan fingerprint density at radius 2 is 2.12 bits per heavy atom. The summed E-state index contributed by atoms with van der Waals surface area (Å²) in [6.07, 6.45) is 0. The van der Waals surface area contributed by atoms with Gasteiger partial charge in [0.15, 0.2) is 0 Å². The Bertz CT molecular complexity index is 502. The summed E-state index contributed by atoms with van der Waals surface area (Å²) in [5.41, 5.74) is 8.23. The number of benzene rings is 1. The second-order valence-corrected chi connectivity index (χ2v) is 4.59. The molecule has 2 aromatic rings. The number of nitrogens with zero attached hydrogens (tertiary/aromatic N) is 1. The maximum Gasteiger partial charge on any atom is 0.0497 e. The zero-order chi connectivity index (χ0) is 11.7. The molecule has 0 aliphatic heterocycles. The van der Waals surface area contributed by atoms with Crippen molar-refractivity contribution in [3.63, 3.8) is 0 Å². The van der Waals surface area contributed by atoms with Gasteiger partial charge in [-0.1, -0.05) is 24.6 Å². The maximum atomic E-state index is 6.03. The van der Waals surface area contributed by atoms with Gasteiger partial charge in [0.1, 0.15) is 0 Å². The largest absolute Gasteiger partial charge is 0.345 e. The zero-order valence-electron chi connectivity index (χ0n) is 9.70. The molecule has 0 saturated carbocycles. The molecule has 0 aliphatic carbocycles. The van der Waals surface area contributed by atoms with Crippen molar-refractivity contribution in [3.8, 4) is 0 Å². The number of nitrogens with two attached hydrogens (primary N) is 1. The second-order valence-electron chi connectivity index (χ2n) is 4.15. The Morgan fingerprint density at radius 3 is 2.75 bits per heavy atom. The first-order valence-electron chi connectivity index (χ1n) is 5.66. The minimum Gasteiger partial charge on any atom is -0.345 e. The van der Waals surface area contributed by atoms with Gasteiger partial charge in [0, 0.05) is 35.2 Å².